The van der Waals surface area contributed by atoms with E-state index in [4.69, 9.17) is 4.98 Å². The van der Waals surface area contributed by atoms with Crippen molar-refractivity contribution in [2.75, 3.05) is 11.9 Å². The van der Waals surface area contributed by atoms with Crippen molar-refractivity contribution in [1.82, 2.24) is 10.3 Å². The molecule has 1 aromatic carbocycles. The first-order chi connectivity index (χ1) is 9.56. The van der Waals surface area contributed by atoms with Crippen molar-refractivity contribution in [3.8, 4) is 0 Å². The topological polar surface area (TPSA) is 28.2 Å². The minimum atomic E-state index is 0.468. The largest absolute Gasteiger partial charge is 0.329 e. The minimum absolute atomic E-state index is 0.468. The number of rotatable bonds is 5. The summed E-state index contributed by atoms with van der Waals surface area (Å²) < 4.78 is 0. The molecule has 0 amide bonds. The van der Waals surface area contributed by atoms with E-state index in [1.165, 1.54) is 5.56 Å². The maximum Gasteiger partial charge on any atom is 0.133 e. The van der Waals surface area contributed by atoms with Crippen LogP contribution >= 0.6 is 0 Å². The molecule has 0 radical (unpaired) electrons. The fourth-order valence-corrected chi connectivity index (χ4v) is 2.03. The van der Waals surface area contributed by atoms with E-state index in [0.29, 0.717) is 6.04 Å². The van der Waals surface area contributed by atoms with E-state index in [9.17, 15) is 0 Å². The molecule has 0 aliphatic carbocycles. The van der Waals surface area contributed by atoms with Crippen LogP contribution in [0.3, 0.4) is 0 Å². The summed E-state index contributed by atoms with van der Waals surface area (Å²) in [4.78, 5) is 6.83. The Morgan fingerprint density at radius 3 is 2.60 bits per heavy atom. The molecule has 0 saturated heterocycles. The Labute approximate surface area is 121 Å². The lowest BCUT2D eigenvalue weighted by atomic mass is 10.2. The zero-order chi connectivity index (χ0) is 14.5. The molecule has 20 heavy (non-hydrogen) atoms. The highest BCUT2D eigenvalue weighted by atomic mass is 15.2. The highest BCUT2D eigenvalue weighted by molar-refractivity contribution is 5.59. The average molecular weight is 269 g/mol. The minimum Gasteiger partial charge on any atom is -0.329 e. The molecule has 0 saturated carbocycles. The molecule has 0 spiro atoms. The first-order valence-corrected chi connectivity index (χ1v) is 7.06. The monoisotopic (exact) mass is 269 g/mol. The highest BCUT2D eigenvalue weighted by Gasteiger charge is 2.06. The van der Waals surface area contributed by atoms with Gasteiger partial charge in [-0.25, -0.2) is 4.98 Å². The number of hydrogen-bond donors (Lipinski definition) is 1. The molecule has 1 aromatic heterocycles. The van der Waals surface area contributed by atoms with E-state index in [1.807, 2.05) is 6.07 Å². The van der Waals surface area contributed by atoms with E-state index >= 15 is 0 Å². The van der Waals surface area contributed by atoms with E-state index in [-0.39, 0.29) is 0 Å². The Bertz CT molecular complexity index is 564. The molecule has 0 atom stereocenters. The van der Waals surface area contributed by atoms with Gasteiger partial charge in [-0.2, -0.15) is 0 Å². The number of nitrogens with zero attached hydrogens (tertiary/aromatic N) is 2. The lowest BCUT2D eigenvalue weighted by Crippen LogP contribution is -2.23. The van der Waals surface area contributed by atoms with Crippen molar-refractivity contribution >= 4 is 11.5 Å². The molecule has 0 fully saturated rings. The second kappa shape index (κ2) is 6.53. The van der Waals surface area contributed by atoms with Crippen molar-refractivity contribution in [1.29, 1.82) is 0 Å². The van der Waals surface area contributed by atoms with Gasteiger partial charge in [0.25, 0.3) is 0 Å². The Morgan fingerprint density at radius 1 is 1.15 bits per heavy atom. The normalized spacial score (nSPS) is 10.8. The lowest BCUT2D eigenvalue weighted by Gasteiger charge is -2.19. The molecule has 1 heterocycles. The van der Waals surface area contributed by atoms with Crippen LogP contribution in [0, 0.1) is 6.92 Å². The number of aromatic nitrogens is 1. The van der Waals surface area contributed by atoms with E-state index in [0.717, 1.165) is 23.7 Å². The Morgan fingerprint density at radius 2 is 1.90 bits per heavy atom. The van der Waals surface area contributed by atoms with Gasteiger partial charge in [0.05, 0.1) is 5.69 Å². The summed E-state index contributed by atoms with van der Waals surface area (Å²) in [6.07, 6.45) is 0. The number of benzene rings is 1. The predicted molar refractivity (Wildman–Crippen MR) is 85.5 cm³/mol. The van der Waals surface area contributed by atoms with Crippen LogP contribution in [0.5, 0.6) is 0 Å². The van der Waals surface area contributed by atoms with Gasteiger partial charge >= 0.3 is 0 Å². The van der Waals surface area contributed by atoms with Gasteiger partial charge in [-0.1, -0.05) is 32.0 Å². The van der Waals surface area contributed by atoms with Crippen LogP contribution in [0.25, 0.3) is 0 Å². The van der Waals surface area contributed by atoms with Crippen LogP contribution in [0.2, 0.25) is 0 Å². The average Bonchev–Trinajstić information content (AvgIpc) is 2.44. The Kier molecular flexibility index (Phi) is 4.74. The van der Waals surface area contributed by atoms with Crippen LogP contribution < -0.4 is 10.2 Å². The second-order valence-corrected chi connectivity index (χ2v) is 5.42. The molecule has 0 bridgehead atoms. The smallest absolute Gasteiger partial charge is 0.133 e. The van der Waals surface area contributed by atoms with Crippen molar-refractivity contribution in [2.45, 2.75) is 33.4 Å². The van der Waals surface area contributed by atoms with Crippen LogP contribution in [-0.2, 0) is 6.54 Å². The van der Waals surface area contributed by atoms with Crippen LogP contribution in [0.4, 0.5) is 11.5 Å². The maximum atomic E-state index is 4.71. The lowest BCUT2D eigenvalue weighted by molar-refractivity contribution is 0.581. The first kappa shape index (κ1) is 14.5. The van der Waals surface area contributed by atoms with Gasteiger partial charge in [0.2, 0.25) is 0 Å². The number of anilines is 2. The van der Waals surface area contributed by atoms with E-state index in [2.05, 4.69) is 74.4 Å². The van der Waals surface area contributed by atoms with Crippen molar-refractivity contribution < 1.29 is 0 Å². The summed E-state index contributed by atoms with van der Waals surface area (Å²) in [5.41, 5.74) is 3.48. The maximum absolute atomic E-state index is 4.71. The van der Waals surface area contributed by atoms with Crippen LogP contribution in [0.1, 0.15) is 25.1 Å². The zero-order valence-electron chi connectivity index (χ0n) is 12.7. The number of pyridine rings is 1. The SMILES string of the molecule is Cc1cccc(N(C)c2cccc(CNC(C)C)n2)c1. The highest BCUT2D eigenvalue weighted by Crippen LogP contribution is 2.22. The molecule has 2 rings (SSSR count). The molecule has 1 N–H and O–H groups in total. The quantitative estimate of drug-likeness (QED) is 0.898. The fraction of sp³-hybridized carbons (Fsp3) is 0.353. The van der Waals surface area contributed by atoms with Gasteiger partial charge in [0.1, 0.15) is 5.82 Å². The van der Waals surface area contributed by atoms with Crippen LogP contribution in [-0.4, -0.2) is 18.1 Å². The molecular weight excluding hydrogens is 246 g/mol. The van der Waals surface area contributed by atoms with Crippen molar-refractivity contribution in [3.63, 3.8) is 0 Å². The first-order valence-electron chi connectivity index (χ1n) is 7.06. The molecule has 3 nitrogen and oxygen atoms in total. The van der Waals surface area contributed by atoms with Crippen molar-refractivity contribution in [2.24, 2.45) is 0 Å². The third kappa shape index (κ3) is 3.81. The van der Waals surface area contributed by atoms with E-state index < -0.39 is 0 Å². The fourth-order valence-electron chi connectivity index (χ4n) is 2.03. The molecule has 106 valence electrons. The van der Waals surface area contributed by atoms with Gasteiger partial charge in [0, 0.05) is 25.3 Å². The molecule has 2 aromatic rings. The van der Waals surface area contributed by atoms with Crippen LogP contribution in [0.15, 0.2) is 42.5 Å². The van der Waals surface area contributed by atoms with Gasteiger partial charge in [-0.3, -0.25) is 0 Å². The molecular formula is C17H23N3. The summed E-state index contributed by atoms with van der Waals surface area (Å²) in [7, 11) is 2.05. The van der Waals surface area contributed by atoms with Gasteiger partial charge in [0.15, 0.2) is 0 Å². The number of aryl methyl sites for hydroxylation is 1. The number of nitrogens with one attached hydrogen (secondary N) is 1. The van der Waals surface area contributed by atoms with Gasteiger partial charge in [-0.15, -0.1) is 0 Å². The summed E-state index contributed by atoms with van der Waals surface area (Å²) in [5.74, 6) is 0.971. The Hall–Kier alpha value is -1.87. The van der Waals surface area contributed by atoms with Gasteiger partial charge in [-0.05, 0) is 36.8 Å². The summed E-state index contributed by atoms with van der Waals surface area (Å²) in [6, 6.07) is 15.1. The number of hydrogen-bond acceptors (Lipinski definition) is 3. The molecule has 0 unspecified atom stereocenters. The van der Waals surface area contributed by atoms with Gasteiger partial charge < -0.3 is 10.2 Å². The Balaban J connectivity index is 2.17. The second-order valence-electron chi connectivity index (χ2n) is 5.42. The molecule has 3 heteroatoms. The molecule has 0 aliphatic rings. The predicted octanol–water partition coefficient (Wildman–Crippen LogP) is 3.66. The van der Waals surface area contributed by atoms with Crippen molar-refractivity contribution in [3.05, 3.63) is 53.7 Å². The third-order valence-corrected chi connectivity index (χ3v) is 3.22. The summed E-state index contributed by atoms with van der Waals surface area (Å²) in [5, 5.41) is 3.40. The summed E-state index contributed by atoms with van der Waals surface area (Å²) in [6.45, 7) is 7.19. The standard InChI is InChI=1S/C17H23N3/c1-13(2)18-12-15-8-6-10-17(19-15)20(4)16-9-5-7-14(3)11-16/h5-11,13,18H,12H2,1-4H3. The molecule has 0 aliphatic heterocycles. The third-order valence-electron chi connectivity index (χ3n) is 3.22. The zero-order valence-corrected chi connectivity index (χ0v) is 12.7. The summed E-state index contributed by atoms with van der Waals surface area (Å²) >= 11 is 0. The van der Waals surface area contributed by atoms with E-state index in [1.54, 1.807) is 0 Å².